The van der Waals surface area contributed by atoms with E-state index in [1.54, 1.807) is 41.0 Å². The molecule has 0 unspecified atom stereocenters. The van der Waals surface area contributed by atoms with Crippen LogP contribution < -0.4 is 10.7 Å². The Morgan fingerprint density at radius 2 is 1.47 bits per heavy atom. The van der Waals surface area contributed by atoms with Crippen LogP contribution in [0.15, 0.2) is 77.6 Å². The number of fused-ring (bicyclic) bond motifs is 2. The Bertz CT molecular complexity index is 1330. The Morgan fingerprint density at radius 1 is 0.882 bits per heavy atom. The Kier molecular flexibility index (Phi) is 7.07. The van der Waals surface area contributed by atoms with Crippen molar-refractivity contribution in [1.82, 2.24) is 9.88 Å². The molecule has 0 aliphatic heterocycles. The molecule has 6 heteroatoms. The van der Waals surface area contributed by atoms with E-state index in [4.69, 9.17) is 4.74 Å². The number of carbonyl (C=O) groups is 2. The van der Waals surface area contributed by atoms with E-state index in [9.17, 15) is 14.4 Å². The van der Waals surface area contributed by atoms with E-state index < -0.39 is 5.97 Å². The minimum atomic E-state index is -0.543. The largest absolute Gasteiger partial charge is 0.454 e. The molecule has 1 aromatic heterocycles. The Balaban J connectivity index is 1.35. The standard InChI is InChI=1S/C28H28N2O4/c1-19(2)21-13-11-20(12-14-21)15-16-29-26(31)18-34-27(32)17-30-24-9-5-3-7-22(24)28(33)23-8-4-6-10-25(23)30/h3-14,19H,15-18H2,1-2H3,(H,29,31). The molecular formula is C28H28N2O4. The second-order valence-electron chi connectivity index (χ2n) is 8.61. The summed E-state index contributed by atoms with van der Waals surface area (Å²) in [6.45, 7) is 4.32. The van der Waals surface area contributed by atoms with E-state index in [1.165, 1.54) is 5.56 Å². The van der Waals surface area contributed by atoms with Crippen molar-refractivity contribution >= 4 is 33.7 Å². The lowest BCUT2D eigenvalue weighted by molar-refractivity contribution is -0.149. The molecule has 34 heavy (non-hydrogen) atoms. The van der Waals surface area contributed by atoms with Crippen molar-refractivity contribution < 1.29 is 14.3 Å². The number of amides is 1. The number of nitrogens with zero attached hydrogens (tertiary/aromatic N) is 1. The molecule has 1 N–H and O–H groups in total. The molecule has 0 fully saturated rings. The van der Waals surface area contributed by atoms with Gasteiger partial charge in [-0.2, -0.15) is 0 Å². The lowest BCUT2D eigenvalue weighted by Gasteiger charge is -2.14. The van der Waals surface area contributed by atoms with Gasteiger partial charge in [-0.3, -0.25) is 14.4 Å². The van der Waals surface area contributed by atoms with Gasteiger partial charge in [-0.15, -0.1) is 0 Å². The Morgan fingerprint density at radius 3 is 2.06 bits per heavy atom. The van der Waals surface area contributed by atoms with Crippen LogP contribution in [0.25, 0.3) is 21.8 Å². The maximum absolute atomic E-state index is 12.8. The Hall–Kier alpha value is -3.93. The van der Waals surface area contributed by atoms with E-state index in [0.717, 1.165) is 5.56 Å². The van der Waals surface area contributed by atoms with Crippen molar-refractivity contribution in [3.63, 3.8) is 0 Å². The molecule has 1 amide bonds. The highest BCUT2D eigenvalue weighted by Gasteiger charge is 2.14. The second-order valence-corrected chi connectivity index (χ2v) is 8.61. The van der Waals surface area contributed by atoms with Gasteiger partial charge in [-0.25, -0.2) is 0 Å². The van der Waals surface area contributed by atoms with Crippen molar-refractivity contribution in [1.29, 1.82) is 0 Å². The number of pyridine rings is 1. The molecule has 174 valence electrons. The van der Waals surface area contributed by atoms with Gasteiger partial charge in [0, 0.05) is 17.3 Å². The predicted molar refractivity (Wildman–Crippen MR) is 134 cm³/mol. The van der Waals surface area contributed by atoms with Gasteiger partial charge in [0.1, 0.15) is 6.54 Å². The zero-order valence-corrected chi connectivity index (χ0v) is 19.4. The van der Waals surface area contributed by atoms with Crippen molar-refractivity contribution in [3.05, 3.63) is 94.1 Å². The van der Waals surface area contributed by atoms with Gasteiger partial charge in [-0.1, -0.05) is 62.4 Å². The van der Waals surface area contributed by atoms with Crippen LogP contribution in [0.5, 0.6) is 0 Å². The van der Waals surface area contributed by atoms with E-state index >= 15 is 0 Å². The van der Waals surface area contributed by atoms with Gasteiger partial charge in [0.2, 0.25) is 0 Å². The number of ether oxygens (including phenoxy) is 1. The third kappa shape index (κ3) is 5.17. The van der Waals surface area contributed by atoms with Gasteiger partial charge < -0.3 is 14.6 Å². The summed E-state index contributed by atoms with van der Waals surface area (Å²) in [6.07, 6.45) is 0.702. The lowest BCUT2D eigenvalue weighted by Crippen LogP contribution is -2.31. The number of nitrogens with one attached hydrogen (secondary N) is 1. The Labute approximate surface area is 198 Å². The van der Waals surface area contributed by atoms with E-state index in [0.29, 0.717) is 40.7 Å². The third-order valence-electron chi connectivity index (χ3n) is 5.91. The zero-order chi connectivity index (χ0) is 24.1. The number of rotatable bonds is 8. The molecule has 4 aromatic rings. The molecule has 6 nitrogen and oxygen atoms in total. The summed E-state index contributed by atoms with van der Waals surface area (Å²) >= 11 is 0. The van der Waals surface area contributed by atoms with Crippen molar-refractivity contribution in [2.45, 2.75) is 32.7 Å². The predicted octanol–water partition coefficient (Wildman–Crippen LogP) is 4.18. The lowest BCUT2D eigenvalue weighted by atomic mass is 10.0. The smallest absolute Gasteiger partial charge is 0.326 e. The second kappa shape index (κ2) is 10.3. The first-order valence-corrected chi connectivity index (χ1v) is 11.5. The van der Waals surface area contributed by atoms with Crippen molar-refractivity contribution in [2.24, 2.45) is 0 Å². The summed E-state index contributed by atoms with van der Waals surface area (Å²) in [5.74, 6) is -0.407. The number of carbonyl (C=O) groups excluding carboxylic acids is 2. The molecule has 0 aliphatic carbocycles. The fourth-order valence-electron chi connectivity index (χ4n) is 4.03. The minimum absolute atomic E-state index is 0.0750. The molecule has 0 saturated heterocycles. The first-order valence-electron chi connectivity index (χ1n) is 11.5. The van der Waals surface area contributed by atoms with Crippen LogP contribution in [0.3, 0.4) is 0 Å². The van der Waals surface area contributed by atoms with Crippen LogP contribution in [0.4, 0.5) is 0 Å². The number of benzene rings is 3. The summed E-state index contributed by atoms with van der Waals surface area (Å²) in [6, 6.07) is 22.7. The number of aromatic nitrogens is 1. The molecule has 0 radical (unpaired) electrons. The molecule has 1 heterocycles. The highest BCUT2D eigenvalue weighted by atomic mass is 16.5. The van der Waals surface area contributed by atoms with Crippen LogP contribution in [0, 0.1) is 0 Å². The van der Waals surface area contributed by atoms with Crippen molar-refractivity contribution in [3.8, 4) is 0 Å². The fourth-order valence-corrected chi connectivity index (χ4v) is 4.03. The fraction of sp³-hybridized carbons (Fsp3) is 0.250. The van der Waals surface area contributed by atoms with E-state index in [-0.39, 0.29) is 24.5 Å². The molecule has 0 saturated carbocycles. The van der Waals surface area contributed by atoms with Gasteiger partial charge in [0.05, 0.1) is 11.0 Å². The summed E-state index contributed by atoms with van der Waals surface area (Å²) in [5.41, 5.74) is 3.64. The highest BCUT2D eigenvalue weighted by Crippen LogP contribution is 2.19. The first-order chi connectivity index (χ1) is 16.4. The monoisotopic (exact) mass is 456 g/mol. The maximum Gasteiger partial charge on any atom is 0.326 e. The summed E-state index contributed by atoms with van der Waals surface area (Å²) < 4.78 is 6.99. The SMILES string of the molecule is CC(C)c1ccc(CCNC(=O)COC(=O)Cn2c3ccccc3c(=O)c3ccccc32)cc1. The molecule has 4 rings (SSSR count). The van der Waals surface area contributed by atoms with Gasteiger partial charge in [0.15, 0.2) is 12.0 Å². The molecule has 0 spiro atoms. The number of para-hydroxylation sites is 2. The van der Waals surface area contributed by atoms with Crippen LogP contribution in [0.2, 0.25) is 0 Å². The van der Waals surface area contributed by atoms with Crippen LogP contribution in [-0.4, -0.2) is 29.6 Å². The van der Waals surface area contributed by atoms with Crippen LogP contribution >= 0.6 is 0 Å². The average Bonchev–Trinajstić information content (AvgIpc) is 2.85. The summed E-state index contributed by atoms with van der Waals surface area (Å²) in [7, 11) is 0. The first kappa shape index (κ1) is 23.2. The van der Waals surface area contributed by atoms with Crippen LogP contribution in [0.1, 0.15) is 30.9 Å². The summed E-state index contributed by atoms with van der Waals surface area (Å²) in [4.78, 5) is 37.5. The maximum atomic E-state index is 12.8. The minimum Gasteiger partial charge on any atom is -0.454 e. The zero-order valence-electron chi connectivity index (χ0n) is 19.4. The normalized spacial score (nSPS) is 11.1. The average molecular weight is 457 g/mol. The number of hydrogen-bond acceptors (Lipinski definition) is 4. The highest BCUT2D eigenvalue weighted by molar-refractivity contribution is 5.94. The third-order valence-corrected chi connectivity index (χ3v) is 5.91. The quantitative estimate of drug-likeness (QED) is 0.319. The van der Waals surface area contributed by atoms with Gasteiger partial charge in [-0.05, 0) is 47.7 Å². The molecule has 0 aliphatic rings. The molecule has 3 aromatic carbocycles. The summed E-state index contributed by atoms with van der Waals surface area (Å²) in [5, 5.41) is 3.86. The van der Waals surface area contributed by atoms with E-state index in [2.05, 4.69) is 43.4 Å². The molecule has 0 bridgehead atoms. The van der Waals surface area contributed by atoms with Gasteiger partial charge in [0.25, 0.3) is 5.91 Å². The topological polar surface area (TPSA) is 77.4 Å². The molecular weight excluding hydrogens is 428 g/mol. The van der Waals surface area contributed by atoms with Crippen molar-refractivity contribution in [2.75, 3.05) is 13.2 Å². The number of hydrogen-bond donors (Lipinski definition) is 1. The number of esters is 1. The van der Waals surface area contributed by atoms with E-state index in [1.807, 2.05) is 12.1 Å². The molecule has 0 atom stereocenters. The van der Waals surface area contributed by atoms with Crippen LogP contribution in [-0.2, 0) is 27.3 Å². The van der Waals surface area contributed by atoms with Gasteiger partial charge >= 0.3 is 5.97 Å².